The molecule has 0 aliphatic carbocycles. The summed E-state index contributed by atoms with van der Waals surface area (Å²) in [7, 11) is 0. The van der Waals surface area contributed by atoms with Gasteiger partial charge in [0.1, 0.15) is 11.0 Å². The zero-order valence-electron chi connectivity index (χ0n) is 15.0. The van der Waals surface area contributed by atoms with Crippen LogP contribution in [0.1, 0.15) is 48.1 Å². The third kappa shape index (κ3) is 5.35. The zero-order chi connectivity index (χ0) is 18.4. The number of hydrogen-bond acceptors (Lipinski definition) is 5. The third-order valence-corrected chi connectivity index (χ3v) is 4.70. The van der Waals surface area contributed by atoms with E-state index in [4.69, 9.17) is 0 Å². The summed E-state index contributed by atoms with van der Waals surface area (Å²) in [6, 6.07) is 6.70. The Kier molecular flexibility index (Phi) is 6.64. The molecule has 0 aliphatic heterocycles. The van der Waals surface area contributed by atoms with Crippen molar-refractivity contribution in [3.05, 3.63) is 40.4 Å². The second-order valence-electron chi connectivity index (χ2n) is 6.31. The number of aromatic nitrogens is 2. The molecule has 1 aromatic carbocycles. The number of anilines is 1. The molecule has 134 valence electrons. The molecule has 2 rings (SSSR count). The Morgan fingerprint density at radius 3 is 2.52 bits per heavy atom. The molecule has 0 aliphatic rings. The Morgan fingerprint density at radius 2 is 1.92 bits per heavy atom. The van der Waals surface area contributed by atoms with E-state index in [1.807, 2.05) is 45.9 Å². The topological polar surface area (TPSA) is 84.0 Å². The highest BCUT2D eigenvalue weighted by Crippen LogP contribution is 2.17. The van der Waals surface area contributed by atoms with Crippen molar-refractivity contribution >= 4 is 28.3 Å². The van der Waals surface area contributed by atoms with Gasteiger partial charge in [-0.2, -0.15) is 0 Å². The van der Waals surface area contributed by atoms with Gasteiger partial charge in [0.05, 0.1) is 0 Å². The van der Waals surface area contributed by atoms with E-state index in [9.17, 15) is 9.59 Å². The lowest BCUT2D eigenvalue weighted by molar-refractivity contribution is -0.118. The Hall–Kier alpha value is -2.28. The van der Waals surface area contributed by atoms with Crippen LogP contribution in [0.3, 0.4) is 0 Å². The largest absolute Gasteiger partial charge is 0.340 e. The summed E-state index contributed by atoms with van der Waals surface area (Å²) in [5, 5.41) is 14.9. The van der Waals surface area contributed by atoms with Crippen LogP contribution in [0.15, 0.2) is 24.3 Å². The van der Waals surface area contributed by atoms with Crippen LogP contribution in [0.2, 0.25) is 0 Å². The molecule has 1 atom stereocenters. The molecule has 0 saturated carbocycles. The minimum absolute atomic E-state index is 0.245. The Labute approximate surface area is 152 Å². The second kappa shape index (κ2) is 8.71. The van der Waals surface area contributed by atoms with E-state index < -0.39 is 6.04 Å². The Balaban J connectivity index is 2.10. The first-order valence-electron chi connectivity index (χ1n) is 8.40. The Morgan fingerprint density at radius 1 is 1.20 bits per heavy atom. The standard InChI is InChI=1S/C18H24N4O2S/c1-5-15-21-22-18(25-15)20-17(24)14(10-11(2)3)19-16(23)13-9-7-6-8-12(13)4/h6-9,11,14H,5,10H2,1-4H3,(H,19,23)(H,20,22,24). The van der Waals surface area contributed by atoms with Crippen LogP contribution in [0.4, 0.5) is 5.13 Å². The molecule has 0 saturated heterocycles. The van der Waals surface area contributed by atoms with Crippen molar-refractivity contribution in [1.29, 1.82) is 0 Å². The first-order valence-corrected chi connectivity index (χ1v) is 9.22. The summed E-state index contributed by atoms with van der Waals surface area (Å²) < 4.78 is 0. The van der Waals surface area contributed by atoms with E-state index in [2.05, 4.69) is 20.8 Å². The summed E-state index contributed by atoms with van der Waals surface area (Å²) >= 11 is 1.35. The van der Waals surface area contributed by atoms with Crippen LogP contribution < -0.4 is 10.6 Å². The predicted octanol–water partition coefficient (Wildman–Crippen LogP) is 3.19. The van der Waals surface area contributed by atoms with Gasteiger partial charge in [0.25, 0.3) is 5.91 Å². The van der Waals surface area contributed by atoms with Crippen LogP contribution in [0, 0.1) is 12.8 Å². The average molecular weight is 360 g/mol. The van der Waals surface area contributed by atoms with Gasteiger partial charge < -0.3 is 5.32 Å². The fourth-order valence-electron chi connectivity index (χ4n) is 2.41. The van der Waals surface area contributed by atoms with Crippen molar-refractivity contribution in [2.45, 2.75) is 46.6 Å². The number of carbonyl (C=O) groups excluding carboxylic acids is 2. The lowest BCUT2D eigenvalue weighted by Crippen LogP contribution is -2.44. The quantitative estimate of drug-likeness (QED) is 0.794. The first kappa shape index (κ1) is 19.1. The second-order valence-corrected chi connectivity index (χ2v) is 7.38. The smallest absolute Gasteiger partial charge is 0.252 e. The van der Waals surface area contributed by atoms with Gasteiger partial charge in [-0.15, -0.1) is 10.2 Å². The molecule has 0 radical (unpaired) electrons. The SMILES string of the molecule is CCc1nnc(NC(=O)C(CC(C)C)NC(=O)c2ccccc2C)s1. The number of nitrogens with zero attached hydrogens (tertiary/aromatic N) is 2. The molecular formula is C18H24N4O2S. The molecule has 7 heteroatoms. The lowest BCUT2D eigenvalue weighted by Gasteiger charge is -2.20. The van der Waals surface area contributed by atoms with Crippen LogP contribution in [-0.2, 0) is 11.2 Å². The zero-order valence-corrected chi connectivity index (χ0v) is 15.8. The fourth-order valence-corrected chi connectivity index (χ4v) is 3.09. The van der Waals surface area contributed by atoms with Gasteiger partial charge in [0.2, 0.25) is 11.0 Å². The van der Waals surface area contributed by atoms with Gasteiger partial charge in [-0.3, -0.25) is 14.9 Å². The fraction of sp³-hybridized carbons (Fsp3) is 0.444. The molecule has 0 spiro atoms. The van der Waals surface area contributed by atoms with Crippen LogP contribution in [-0.4, -0.2) is 28.1 Å². The van der Waals surface area contributed by atoms with Gasteiger partial charge in [0.15, 0.2) is 0 Å². The van der Waals surface area contributed by atoms with E-state index >= 15 is 0 Å². The summed E-state index contributed by atoms with van der Waals surface area (Å²) in [4.78, 5) is 25.2. The third-order valence-electron chi connectivity index (χ3n) is 3.72. The summed E-state index contributed by atoms with van der Waals surface area (Å²) in [5.74, 6) is -0.256. The van der Waals surface area contributed by atoms with Crippen molar-refractivity contribution in [3.8, 4) is 0 Å². The van der Waals surface area contributed by atoms with Crippen molar-refractivity contribution in [3.63, 3.8) is 0 Å². The van der Waals surface area contributed by atoms with E-state index in [1.54, 1.807) is 6.07 Å². The maximum Gasteiger partial charge on any atom is 0.252 e. The van der Waals surface area contributed by atoms with Crippen molar-refractivity contribution in [1.82, 2.24) is 15.5 Å². The number of hydrogen-bond donors (Lipinski definition) is 2. The van der Waals surface area contributed by atoms with E-state index in [0.29, 0.717) is 17.1 Å². The molecule has 0 bridgehead atoms. The normalized spacial score (nSPS) is 12.0. The summed E-state index contributed by atoms with van der Waals surface area (Å²) in [6.07, 6.45) is 1.32. The minimum atomic E-state index is -0.624. The molecule has 1 heterocycles. The number of carbonyl (C=O) groups is 2. The molecule has 2 N–H and O–H groups in total. The molecular weight excluding hydrogens is 336 g/mol. The van der Waals surface area contributed by atoms with E-state index in [0.717, 1.165) is 17.0 Å². The van der Waals surface area contributed by atoms with Gasteiger partial charge in [0, 0.05) is 5.56 Å². The molecule has 6 nitrogen and oxygen atoms in total. The van der Waals surface area contributed by atoms with Crippen molar-refractivity contribution in [2.75, 3.05) is 5.32 Å². The van der Waals surface area contributed by atoms with Crippen molar-refractivity contribution < 1.29 is 9.59 Å². The van der Waals surface area contributed by atoms with Gasteiger partial charge in [-0.25, -0.2) is 0 Å². The first-order chi connectivity index (χ1) is 11.9. The van der Waals surface area contributed by atoms with E-state index in [1.165, 1.54) is 11.3 Å². The maximum absolute atomic E-state index is 12.6. The Bertz CT molecular complexity index is 742. The van der Waals surface area contributed by atoms with Gasteiger partial charge >= 0.3 is 0 Å². The van der Waals surface area contributed by atoms with Crippen LogP contribution in [0.5, 0.6) is 0 Å². The number of nitrogens with one attached hydrogen (secondary N) is 2. The lowest BCUT2D eigenvalue weighted by atomic mass is 10.0. The summed E-state index contributed by atoms with van der Waals surface area (Å²) in [5.41, 5.74) is 1.45. The summed E-state index contributed by atoms with van der Waals surface area (Å²) in [6.45, 7) is 7.89. The highest BCUT2D eigenvalue weighted by atomic mass is 32.1. The maximum atomic E-state index is 12.6. The molecule has 1 unspecified atom stereocenters. The highest BCUT2D eigenvalue weighted by Gasteiger charge is 2.24. The molecule has 2 amide bonds. The predicted molar refractivity (Wildman–Crippen MR) is 99.8 cm³/mol. The van der Waals surface area contributed by atoms with Gasteiger partial charge in [-0.05, 0) is 37.3 Å². The molecule has 0 fully saturated rings. The number of aryl methyl sites for hydroxylation is 2. The number of benzene rings is 1. The number of rotatable bonds is 7. The molecule has 25 heavy (non-hydrogen) atoms. The highest BCUT2D eigenvalue weighted by molar-refractivity contribution is 7.15. The van der Waals surface area contributed by atoms with Crippen molar-refractivity contribution in [2.24, 2.45) is 5.92 Å². The van der Waals surface area contributed by atoms with Crippen LogP contribution in [0.25, 0.3) is 0 Å². The monoisotopic (exact) mass is 360 g/mol. The van der Waals surface area contributed by atoms with Gasteiger partial charge in [-0.1, -0.05) is 50.3 Å². The average Bonchev–Trinajstić information content (AvgIpc) is 3.01. The number of amides is 2. The molecule has 2 aromatic rings. The van der Waals surface area contributed by atoms with Crippen LogP contribution >= 0.6 is 11.3 Å². The van der Waals surface area contributed by atoms with E-state index in [-0.39, 0.29) is 17.7 Å². The molecule has 1 aromatic heterocycles. The minimum Gasteiger partial charge on any atom is -0.340 e.